The zero-order valence-corrected chi connectivity index (χ0v) is 18.9. The summed E-state index contributed by atoms with van der Waals surface area (Å²) in [6.45, 7) is 5.37. The van der Waals surface area contributed by atoms with Crippen LogP contribution in [0.25, 0.3) is 0 Å². The monoisotopic (exact) mass is 462 g/mol. The van der Waals surface area contributed by atoms with Crippen LogP contribution in [0.3, 0.4) is 0 Å². The Kier molecular flexibility index (Phi) is 5.74. The molecule has 4 atom stereocenters. The van der Waals surface area contributed by atoms with Gasteiger partial charge in [0, 0.05) is 0 Å². The summed E-state index contributed by atoms with van der Waals surface area (Å²) in [6, 6.07) is 13.7. The van der Waals surface area contributed by atoms with Gasteiger partial charge in [-0.15, -0.1) is 0 Å². The second-order valence-corrected chi connectivity index (χ2v) is 10.2. The molecule has 2 aromatic carbocycles. The lowest BCUT2D eigenvalue weighted by molar-refractivity contribution is -0.0500. The first-order valence-corrected chi connectivity index (χ1v) is 12.0. The number of rotatable bonds is 5. The third-order valence-corrected chi connectivity index (χ3v) is 7.37. The largest absolute Gasteiger partial charge is 0.534 e. The van der Waals surface area contributed by atoms with Crippen molar-refractivity contribution < 1.29 is 25.8 Å². The Bertz CT molecular complexity index is 1160. The molecule has 3 nitrogen and oxygen atoms in total. The van der Waals surface area contributed by atoms with Gasteiger partial charge in [0.05, 0.1) is 0 Å². The smallest absolute Gasteiger partial charge is 0.375 e. The number of halogens is 3. The molecular weight excluding hydrogens is 437 g/mol. The zero-order valence-electron chi connectivity index (χ0n) is 18.1. The average Bonchev–Trinajstić information content (AvgIpc) is 3.46. The minimum atomic E-state index is -5.72. The fourth-order valence-corrected chi connectivity index (χ4v) is 5.47. The van der Waals surface area contributed by atoms with E-state index in [1.165, 1.54) is 11.1 Å². The van der Waals surface area contributed by atoms with E-state index in [0.29, 0.717) is 23.0 Å². The van der Waals surface area contributed by atoms with Gasteiger partial charge in [0.15, 0.2) is 0 Å². The first-order chi connectivity index (χ1) is 15.0. The number of hydrogen-bond donors (Lipinski definition) is 0. The van der Waals surface area contributed by atoms with E-state index in [-0.39, 0.29) is 17.6 Å². The summed E-state index contributed by atoms with van der Waals surface area (Å²) >= 11 is 0. The van der Waals surface area contributed by atoms with Crippen LogP contribution in [0.2, 0.25) is 0 Å². The van der Waals surface area contributed by atoms with Gasteiger partial charge >= 0.3 is 15.6 Å². The van der Waals surface area contributed by atoms with Gasteiger partial charge in [-0.25, -0.2) is 0 Å². The second kappa shape index (κ2) is 8.10. The average molecular weight is 463 g/mol. The second-order valence-electron chi connectivity index (χ2n) is 8.69. The van der Waals surface area contributed by atoms with E-state index in [9.17, 15) is 21.6 Å². The van der Waals surface area contributed by atoms with Crippen LogP contribution in [0.15, 0.2) is 66.3 Å². The Labute approximate surface area is 186 Å². The minimum absolute atomic E-state index is 0.170. The van der Waals surface area contributed by atoms with Crippen LogP contribution in [0.4, 0.5) is 13.2 Å². The Morgan fingerprint density at radius 1 is 0.938 bits per heavy atom. The maximum absolute atomic E-state index is 12.8. The lowest BCUT2D eigenvalue weighted by Crippen LogP contribution is -2.28. The molecule has 32 heavy (non-hydrogen) atoms. The van der Waals surface area contributed by atoms with Crippen molar-refractivity contribution in [2.45, 2.75) is 44.5 Å². The van der Waals surface area contributed by atoms with E-state index in [1.54, 1.807) is 26.0 Å². The van der Waals surface area contributed by atoms with Crippen molar-refractivity contribution in [3.05, 3.63) is 88.5 Å². The normalized spacial score (nSPS) is 25.4. The summed E-state index contributed by atoms with van der Waals surface area (Å²) in [5, 5.41) is 0. The van der Waals surface area contributed by atoms with Crippen LogP contribution in [0.5, 0.6) is 5.75 Å². The third-order valence-electron chi connectivity index (χ3n) is 6.42. The van der Waals surface area contributed by atoms with Gasteiger partial charge in [-0.05, 0) is 66.2 Å². The lowest BCUT2D eigenvalue weighted by Gasteiger charge is -2.18. The molecule has 0 amide bonds. The molecule has 0 saturated heterocycles. The van der Waals surface area contributed by atoms with Crippen LogP contribution >= 0.6 is 0 Å². The molecule has 7 heteroatoms. The molecule has 2 aliphatic carbocycles. The Morgan fingerprint density at radius 2 is 1.53 bits per heavy atom. The minimum Gasteiger partial charge on any atom is -0.375 e. The van der Waals surface area contributed by atoms with Gasteiger partial charge in [-0.1, -0.05) is 73.2 Å². The Hall–Kier alpha value is -2.54. The summed E-state index contributed by atoms with van der Waals surface area (Å²) in [4.78, 5) is 0. The number of hydrogen-bond acceptors (Lipinski definition) is 3. The van der Waals surface area contributed by atoms with Crippen molar-refractivity contribution in [3.8, 4) is 5.75 Å². The van der Waals surface area contributed by atoms with E-state index in [1.807, 2.05) is 18.2 Å². The van der Waals surface area contributed by atoms with Gasteiger partial charge in [0.1, 0.15) is 5.75 Å². The van der Waals surface area contributed by atoms with E-state index in [0.717, 1.165) is 12.0 Å². The first-order valence-electron chi connectivity index (χ1n) is 10.5. The lowest BCUT2D eigenvalue weighted by atomic mass is 9.87. The number of allylic oxidation sites excluding steroid dienone is 4. The molecule has 1 saturated carbocycles. The standard InChI is InChI=1S/C25H25F3O3S/c1-15-9-7-8-12-20(15)23-21(18-10-5-4-6-11-18)22(23)19-13-16(2)24(17(3)14-19)31-32(29,30)25(26,27)28/h4-8,10-15,21-23H,9H2,1-3H3. The molecule has 2 aliphatic rings. The summed E-state index contributed by atoms with van der Waals surface area (Å²) < 4.78 is 66.0. The molecule has 2 aromatic rings. The zero-order chi connectivity index (χ0) is 23.3. The summed E-state index contributed by atoms with van der Waals surface area (Å²) in [5.41, 5.74) is -1.14. The fraction of sp³-hybridized carbons (Fsp3) is 0.360. The molecule has 0 N–H and O–H groups in total. The van der Waals surface area contributed by atoms with Crippen LogP contribution in [0.1, 0.15) is 47.4 Å². The molecule has 0 radical (unpaired) electrons. The molecule has 0 aromatic heterocycles. The number of aryl methyl sites for hydroxylation is 2. The topological polar surface area (TPSA) is 43.4 Å². The molecule has 4 rings (SSSR count). The first kappa shape index (κ1) is 22.6. The highest BCUT2D eigenvalue weighted by Gasteiger charge is 2.54. The summed E-state index contributed by atoms with van der Waals surface area (Å²) in [7, 11) is -5.72. The molecule has 0 bridgehead atoms. The molecule has 4 unspecified atom stereocenters. The Morgan fingerprint density at radius 3 is 2.09 bits per heavy atom. The van der Waals surface area contributed by atoms with Crippen molar-refractivity contribution in [2.24, 2.45) is 11.8 Å². The third kappa shape index (κ3) is 4.10. The van der Waals surface area contributed by atoms with Gasteiger partial charge in [0.25, 0.3) is 0 Å². The van der Waals surface area contributed by atoms with Gasteiger partial charge in [-0.2, -0.15) is 21.6 Å². The van der Waals surface area contributed by atoms with Crippen molar-refractivity contribution in [3.63, 3.8) is 0 Å². The van der Waals surface area contributed by atoms with Gasteiger partial charge in [-0.3, -0.25) is 0 Å². The molecule has 0 heterocycles. The molecular formula is C25H25F3O3S. The SMILES string of the molecule is Cc1cc(C2C(C3=CC=CCC3C)C2c2ccccc2)cc(C)c1OS(=O)(=O)C(F)(F)F. The highest BCUT2D eigenvalue weighted by atomic mass is 32.2. The van der Waals surface area contributed by atoms with E-state index >= 15 is 0 Å². The quantitative estimate of drug-likeness (QED) is 0.374. The maximum Gasteiger partial charge on any atom is 0.534 e. The van der Waals surface area contributed by atoms with E-state index < -0.39 is 15.6 Å². The van der Waals surface area contributed by atoms with Crippen molar-refractivity contribution in [1.29, 1.82) is 0 Å². The highest BCUT2D eigenvalue weighted by molar-refractivity contribution is 7.88. The van der Waals surface area contributed by atoms with Crippen LogP contribution < -0.4 is 4.18 Å². The molecule has 170 valence electrons. The molecule has 0 spiro atoms. The van der Waals surface area contributed by atoms with Gasteiger partial charge in [0.2, 0.25) is 0 Å². The fourth-order valence-electron chi connectivity index (χ4n) is 4.90. The highest BCUT2D eigenvalue weighted by Crippen LogP contribution is 2.65. The van der Waals surface area contributed by atoms with E-state index in [4.69, 9.17) is 0 Å². The van der Waals surface area contributed by atoms with Crippen LogP contribution in [0, 0.1) is 25.7 Å². The number of alkyl halides is 3. The Balaban J connectivity index is 1.71. The van der Waals surface area contributed by atoms with Crippen molar-refractivity contribution in [2.75, 3.05) is 0 Å². The van der Waals surface area contributed by atoms with Crippen molar-refractivity contribution in [1.82, 2.24) is 0 Å². The predicted octanol–water partition coefficient (Wildman–Crippen LogP) is 6.55. The maximum atomic E-state index is 12.8. The molecule has 0 aliphatic heterocycles. The van der Waals surface area contributed by atoms with Crippen LogP contribution in [-0.4, -0.2) is 13.9 Å². The predicted molar refractivity (Wildman–Crippen MR) is 118 cm³/mol. The van der Waals surface area contributed by atoms with Crippen LogP contribution in [-0.2, 0) is 10.1 Å². The van der Waals surface area contributed by atoms with E-state index in [2.05, 4.69) is 41.5 Å². The summed E-state index contributed by atoms with van der Waals surface area (Å²) in [6.07, 6.45) is 7.41. The number of benzene rings is 2. The van der Waals surface area contributed by atoms with Crippen molar-refractivity contribution >= 4 is 10.1 Å². The molecule has 1 fully saturated rings. The van der Waals surface area contributed by atoms with Gasteiger partial charge < -0.3 is 4.18 Å². The summed E-state index contributed by atoms with van der Waals surface area (Å²) in [5.74, 6) is 0.890.